The van der Waals surface area contributed by atoms with Crippen LogP contribution >= 0.6 is 0 Å². The van der Waals surface area contributed by atoms with Gasteiger partial charge in [-0.05, 0) is 55.2 Å². The number of nitrogens with one attached hydrogen (secondary N) is 2. The number of amides is 1. The lowest BCUT2D eigenvalue weighted by atomic mass is 10.2. The number of benzene rings is 2. The minimum absolute atomic E-state index is 0.0967. The van der Waals surface area contributed by atoms with E-state index >= 15 is 0 Å². The summed E-state index contributed by atoms with van der Waals surface area (Å²) in [5, 5.41) is 6.21. The summed E-state index contributed by atoms with van der Waals surface area (Å²) >= 11 is 0. The van der Waals surface area contributed by atoms with Crippen LogP contribution in [0.5, 0.6) is 0 Å². The molecule has 7 heteroatoms. The Morgan fingerprint density at radius 3 is 2.73 bits per heavy atom. The lowest BCUT2D eigenvalue weighted by molar-refractivity contribution is -0.124. The van der Waals surface area contributed by atoms with E-state index in [1.54, 1.807) is 12.1 Å². The van der Waals surface area contributed by atoms with Crippen molar-refractivity contribution >= 4 is 17.6 Å². The number of aliphatic imine (C=N–C) groups is 1. The van der Waals surface area contributed by atoms with Crippen LogP contribution in [0, 0.1) is 5.82 Å². The number of anilines is 1. The first kappa shape index (κ1) is 21.8. The quantitative estimate of drug-likeness (QED) is 0.539. The van der Waals surface area contributed by atoms with Crippen LogP contribution in [0.2, 0.25) is 0 Å². The summed E-state index contributed by atoms with van der Waals surface area (Å²) in [6.07, 6.45) is 1.33. The van der Waals surface area contributed by atoms with Crippen molar-refractivity contribution < 1.29 is 13.9 Å². The Labute approximate surface area is 177 Å². The predicted octanol–water partition coefficient (Wildman–Crippen LogP) is 3.54. The summed E-state index contributed by atoms with van der Waals surface area (Å²) < 4.78 is 18.6. The molecule has 1 fully saturated rings. The number of ether oxygens (including phenoxy) is 1. The second-order valence-corrected chi connectivity index (χ2v) is 7.34. The molecule has 1 amide bonds. The van der Waals surface area contributed by atoms with Gasteiger partial charge in [0.1, 0.15) is 11.9 Å². The van der Waals surface area contributed by atoms with Gasteiger partial charge in [0, 0.05) is 32.4 Å². The fourth-order valence-electron chi connectivity index (χ4n) is 3.33. The van der Waals surface area contributed by atoms with Crippen molar-refractivity contribution in [1.82, 2.24) is 10.2 Å². The lowest BCUT2D eigenvalue weighted by Crippen LogP contribution is -2.38. The molecule has 1 unspecified atom stereocenters. The molecular formula is C23H29FN4O2. The summed E-state index contributed by atoms with van der Waals surface area (Å²) in [6.45, 7) is 4.49. The number of carbonyl (C=O) groups excluding carboxylic acids is 1. The number of rotatable bonds is 7. The number of hydrogen-bond acceptors (Lipinski definition) is 3. The van der Waals surface area contributed by atoms with Crippen LogP contribution in [0.1, 0.15) is 30.9 Å². The maximum absolute atomic E-state index is 13.1. The van der Waals surface area contributed by atoms with Gasteiger partial charge in [-0.25, -0.2) is 9.38 Å². The molecule has 0 aromatic heterocycles. The Kier molecular flexibility index (Phi) is 7.79. The van der Waals surface area contributed by atoms with E-state index in [0.717, 1.165) is 42.2 Å². The van der Waals surface area contributed by atoms with Crippen molar-refractivity contribution in [1.29, 1.82) is 0 Å². The van der Waals surface area contributed by atoms with Crippen LogP contribution in [0.4, 0.5) is 10.1 Å². The van der Waals surface area contributed by atoms with Gasteiger partial charge >= 0.3 is 0 Å². The van der Waals surface area contributed by atoms with Gasteiger partial charge in [0.15, 0.2) is 5.96 Å². The number of halogens is 1. The number of guanidine groups is 1. The molecule has 1 saturated heterocycles. The summed E-state index contributed by atoms with van der Waals surface area (Å²) in [5.41, 5.74) is 2.74. The van der Waals surface area contributed by atoms with E-state index in [-0.39, 0.29) is 17.8 Å². The van der Waals surface area contributed by atoms with Gasteiger partial charge in [-0.2, -0.15) is 0 Å². The van der Waals surface area contributed by atoms with Crippen molar-refractivity contribution in [3.8, 4) is 0 Å². The largest absolute Gasteiger partial charge is 0.368 e. The minimum Gasteiger partial charge on any atom is -0.368 e. The van der Waals surface area contributed by atoms with Crippen LogP contribution in [0.15, 0.2) is 53.5 Å². The van der Waals surface area contributed by atoms with E-state index in [4.69, 9.17) is 9.73 Å². The fourth-order valence-corrected chi connectivity index (χ4v) is 3.33. The Morgan fingerprint density at radius 2 is 2.03 bits per heavy atom. The molecule has 2 aromatic rings. The van der Waals surface area contributed by atoms with Crippen molar-refractivity contribution in [3.05, 3.63) is 65.5 Å². The van der Waals surface area contributed by atoms with Gasteiger partial charge < -0.3 is 20.3 Å². The van der Waals surface area contributed by atoms with Crippen LogP contribution in [-0.2, 0) is 22.6 Å². The maximum atomic E-state index is 13.1. The minimum atomic E-state index is -0.354. The Morgan fingerprint density at radius 1 is 1.23 bits per heavy atom. The van der Waals surface area contributed by atoms with Crippen molar-refractivity contribution in [2.45, 2.75) is 39.0 Å². The molecule has 30 heavy (non-hydrogen) atoms. The molecule has 0 saturated carbocycles. The third-order valence-electron chi connectivity index (χ3n) is 4.86. The van der Waals surface area contributed by atoms with E-state index in [1.807, 2.05) is 43.1 Å². The molecule has 0 bridgehead atoms. The molecule has 0 aliphatic carbocycles. The third kappa shape index (κ3) is 6.29. The van der Waals surface area contributed by atoms with Gasteiger partial charge in [0.25, 0.3) is 5.91 Å². The Balaban J connectivity index is 1.63. The number of carbonyl (C=O) groups is 1. The highest BCUT2D eigenvalue weighted by molar-refractivity contribution is 5.94. The fraction of sp³-hybridized carbons (Fsp3) is 0.391. The molecule has 0 radical (unpaired) electrons. The molecule has 6 nitrogen and oxygen atoms in total. The second kappa shape index (κ2) is 10.7. The standard InChI is InChI=1S/C23H29FN4O2/c1-3-25-23(28(2)16-17-9-11-19(24)12-10-17)26-15-18-6-4-7-20(14-18)27-22(29)21-8-5-13-30-21/h4,6-7,9-12,14,21H,3,5,8,13,15-16H2,1-2H3,(H,25,26)(H,27,29). The van der Waals surface area contributed by atoms with Crippen molar-refractivity contribution in [2.24, 2.45) is 4.99 Å². The Hall–Kier alpha value is -2.93. The van der Waals surface area contributed by atoms with E-state index in [0.29, 0.717) is 19.7 Å². The van der Waals surface area contributed by atoms with Crippen LogP contribution < -0.4 is 10.6 Å². The van der Waals surface area contributed by atoms with Crippen molar-refractivity contribution in [3.63, 3.8) is 0 Å². The zero-order valence-electron chi connectivity index (χ0n) is 17.5. The van der Waals surface area contributed by atoms with Gasteiger partial charge in [-0.1, -0.05) is 24.3 Å². The highest BCUT2D eigenvalue weighted by Crippen LogP contribution is 2.17. The molecular weight excluding hydrogens is 383 g/mol. The molecule has 1 heterocycles. The third-order valence-corrected chi connectivity index (χ3v) is 4.86. The topological polar surface area (TPSA) is 66.0 Å². The van der Waals surface area contributed by atoms with E-state index in [9.17, 15) is 9.18 Å². The molecule has 0 spiro atoms. The van der Waals surface area contributed by atoms with Crippen molar-refractivity contribution in [2.75, 3.05) is 25.5 Å². The molecule has 2 N–H and O–H groups in total. The van der Waals surface area contributed by atoms with Gasteiger partial charge in [0.2, 0.25) is 0 Å². The SMILES string of the molecule is CCNC(=NCc1cccc(NC(=O)C2CCCO2)c1)N(C)Cc1ccc(F)cc1. The van der Waals surface area contributed by atoms with E-state index in [2.05, 4.69) is 10.6 Å². The first-order chi connectivity index (χ1) is 14.5. The number of nitrogens with zero attached hydrogens (tertiary/aromatic N) is 2. The monoisotopic (exact) mass is 412 g/mol. The predicted molar refractivity (Wildman–Crippen MR) is 117 cm³/mol. The second-order valence-electron chi connectivity index (χ2n) is 7.34. The number of hydrogen-bond donors (Lipinski definition) is 2. The maximum Gasteiger partial charge on any atom is 0.253 e. The summed E-state index contributed by atoms with van der Waals surface area (Å²) in [7, 11) is 1.95. The zero-order chi connectivity index (χ0) is 21.3. The van der Waals surface area contributed by atoms with Gasteiger partial charge in [0.05, 0.1) is 6.54 Å². The van der Waals surface area contributed by atoms with E-state index in [1.165, 1.54) is 12.1 Å². The molecule has 1 aliphatic rings. The Bertz CT molecular complexity index is 864. The van der Waals surface area contributed by atoms with Crippen LogP contribution in [0.3, 0.4) is 0 Å². The highest BCUT2D eigenvalue weighted by Gasteiger charge is 2.23. The smallest absolute Gasteiger partial charge is 0.253 e. The summed E-state index contributed by atoms with van der Waals surface area (Å²) in [6, 6.07) is 14.2. The molecule has 160 valence electrons. The average Bonchev–Trinajstić information content (AvgIpc) is 3.28. The zero-order valence-corrected chi connectivity index (χ0v) is 17.5. The lowest BCUT2D eigenvalue weighted by Gasteiger charge is -2.22. The highest BCUT2D eigenvalue weighted by atomic mass is 19.1. The van der Waals surface area contributed by atoms with Gasteiger partial charge in [-0.15, -0.1) is 0 Å². The summed E-state index contributed by atoms with van der Waals surface area (Å²) in [4.78, 5) is 19.0. The van der Waals surface area contributed by atoms with Crippen LogP contribution in [0.25, 0.3) is 0 Å². The molecule has 1 aliphatic heterocycles. The van der Waals surface area contributed by atoms with E-state index < -0.39 is 0 Å². The van der Waals surface area contributed by atoms with Gasteiger partial charge in [-0.3, -0.25) is 4.79 Å². The first-order valence-electron chi connectivity index (χ1n) is 10.3. The van der Waals surface area contributed by atoms with Crippen LogP contribution in [-0.4, -0.2) is 43.1 Å². The average molecular weight is 413 g/mol. The molecule has 2 aromatic carbocycles. The molecule has 3 rings (SSSR count). The first-order valence-corrected chi connectivity index (χ1v) is 10.3. The normalized spacial score (nSPS) is 16.4. The summed E-state index contributed by atoms with van der Waals surface area (Å²) in [5.74, 6) is 0.421. The molecule has 1 atom stereocenters.